The summed E-state index contributed by atoms with van der Waals surface area (Å²) < 4.78 is 29.3. The zero-order valence-electron chi connectivity index (χ0n) is 28.0. The van der Waals surface area contributed by atoms with Crippen LogP contribution in [0.3, 0.4) is 0 Å². The largest absolute Gasteiger partial charge is 0.469 e. The summed E-state index contributed by atoms with van der Waals surface area (Å²) in [7, 11) is 1.28. The van der Waals surface area contributed by atoms with Crippen molar-refractivity contribution in [2.45, 2.75) is 84.1 Å². The smallest absolute Gasteiger partial charge is 0.336 e. The zero-order valence-corrected chi connectivity index (χ0v) is 28.0. The summed E-state index contributed by atoms with van der Waals surface area (Å²) in [6.07, 6.45) is 0.416. The number of aliphatic hydroxyl groups excluding tert-OH is 1. The van der Waals surface area contributed by atoms with Crippen molar-refractivity contribution in [1.29, 1.82) is 0 Å². The maximum atomic E-state index is 13.9. The number of benzene rings is 1. The summed E-state index contributed by atoms with van der Waals surface area (Å²) in [6.45, 7) is 13.1. The van der Waals surface area contributed by atoms with E-state index in [4.69, 9.17) is 23.7 Å². The molecule has 1 N–H and O–H groups in total. The van der Waals surface area contributed by atoms with Gasteiger partial charge in [-0.3, -0.25) is 19.2 Å². The predicted molar refractivity (Wildman–Crippen MR) is 168 cm³/mol. The molecule has 10 unspecified atom stereocenters. The standard InChI is InChI=1S/C37H42O11/c1-19-30(35(5)14-13-25(39)34(3,4)24(35)18-27(40)44-7)31(45-20(2)38)32(46-28(41)15-21-11-9-8-10-12-21)36(6)23(17-26-37(19,36)48-26)22-16-29(42)47-33(22)43/h8-14,16,23-24,26,29-32,42H,1,15,17-18H2,2-7H3. The number of epoxide rings is 1. The Morgan fingerprint density at radius 2 is 1.73 bits per heavy atom. The van der Waals surface area contributed by atoms with Crippen molar-refractivity contribution in [2.75, 3.05) is 7.11 Å². The molecule has 3 fully saturated rings. The fourth-order valence-electron chi connectivity index (χ4n) is 9.49. The second kappa shape index (κ2) is 11.5. The van der Waals surface area contributed by atoms with E-state index in [0.717, 1.165) is 0 Å². The number of methoxy groups -OCH3 is 1. The van der Waals surface area contributed by atoms with Gasteiger partial charge in [-0.2, -0.15) is 0 Å². The van der Waals surface area contributed by atoms with Gasteiger partial charge in [0.1, 0.15) is 17.8 Å². The van der Waals surface area contributed by atoms with Gasteiger partial charge in [-0.1, -0.05) is 70.7 Å². The number of carbonyl (C=O) groups is 5. The summed E-state index contributed by atoms with van der Waals surface area (Å²) >= 11 is 0. The van der Waals surface area contributed by atoms with Crippen molar-refractivity contribution in [3.05, 3.63) is 71.8 Å². The van der Waals surface area contributed by atoms with Crippen molar-refractivity contribution in [3.63, 3.8) is 0 Å². The number of cyclic esters (lactones) is 1. The quantitative estimate of drug-likeness (QED) is 0.188. The Balaban J connectivity index is 1.54. The van der Waals surface area contributed by atoms with E-state index in [1.54, 1.807) is 44.2 Å². The molecule has 48 heavy (non-hydrogen) atoms. The van der Waals surface area contributed by atoms with E-state index in [0.29, 0.717) is 17.6 Å². The second-order valence-electron chi connectivity index (χ2n) is 14.6. The molecule has 1 aromatic rings. The monoisotopic (exact) mass is 662 g/mol. The Bertz CT molecular complexity index is 1640. The molecule has 3 aliphatic carbocycles. The molecule has 1 aromatic carbocycles. The summed E-state index contributed by atoms with van der Waals surface area (Å²) in [5.74, 6) is -4.76. The van der Waals surface area contributed by atoms with Crippen molar-refractivity contribution in [2.24, 2.45) is 34.0 Å². The Labute approximate surface area is 279 Å². The van der Waals surface area contributed by atoms with Gasteiger partial charge >= 0.3 is 23.9 Å². The Morgan fingerprint density at radius 3 is 2.33 bits per heavy atom. The average molecular weight is 663 g/mol. The van der Waals surface area contributed by atoms with Gasteiger partial charge in [-0.25, -0.2) is 4.79 Å². The van der Waals surface area contributed by atoms with Crippen molar-refractivity contribution in [3.8, 4) is 0 Å². The van der Waals surface area contributed by atoms with E-state index >= 15 is 0 Å². The number of rotatable bonds is 8. The minimum Gasteiger partial charge on any atom is -0.469 e. The summed E-state index contributed by atoms with van der Waals surface area (Å²) in [6, 6.07) is 9.04. The predicted octanol–water partition coefficient (Wildman–Crippen LogP) is 3.57. The number of hydrogen-bond donors (Lipinski definition) is 1. The first-order valence-electron chi connectivity index (χ1n) is 16.2. The van der Waals surface area contributed by atoms with Gasteiger partial charge < -0.3 is 28.8 Å². The molecule has 0 bridgehead atoms. The van der Waals surface area contributed by atoms with Crippen LogP contribution in [0, 0.1) is 34.0 Å². The lowest BCUT2D eigenvalue weighted by molar-refractivity contribution is -0.210. The van der Waals surface area contributed by atoms with Crippen molar-refractivity contribution in [1.82, 2.24) is 0 Å². The molecule has 11 nitrogen and oxygen atoms in total. The number of hydrogen-bond acceptors (Lipinski definition) is 11. The van der Waals surface area contributed by atoms with Gasteiger partial charge in [0, 0.05) is 35.2 Å². The van der Waals surface area contributed by atoms with Gasteiger partial charge in [-0.15, -0.1) is 0 Å². The molecular formula is C37H42O11. The molecule has 0 aromatic heterocycles. The van der Waals surface area contributed by atoms with Gasteiger partial charge in [0.25, 0.3) is 0 Å². The number of ether oxygens (including phenoxy) is 5. The van der Waals surface area contributed by atoms with Crippen molar-refractivity contribution < 1.29 is 52.8 Å². The van der Waals surface area contributed by atoms with Crippen LogP contribution in [0.5, 0.6) is 0 Å². The van der Waals surface area contributed by atoms with E-state index in [-0.39, 0.29) is 24.2 Å². The first kappa shape index (κ1) is 33.8. The fourth-order valence-corrected chi connectivity index (χ4v) is 9.49. The molecule has 10 atom stereocenters. The van der Waals surface area contributed by atoms with Crippen LogP contribution in [0.15, 0.2) is 66.3 Å². The maximum absolute atomic E-state index is 13.9. The summed E-state index contributed by atoms with van der Waals surface area (Å²) in [5.41, 5.74) is -3.02. The van der Waals surface area contributed by atoms with E-state index in [1.165, 1.54) is 26.2 Å². The Morgan fingerprint density at radius 1 is 1.04 bits per heavy atom. The van der Waals surface area contributed by atoms with Gasteiger partial charge in [0.05, 0.1) is 31.5 Å². The van der Waals surface area contributed by atoms with Gasteiger partial charge in [-0.05, 0) is 35.6 Å². The lowest BCUT2D eigenvalue weighted by Gasteiger charge is -2.59. The van der Waals surface area contributed by atoms with Crippen LogP contribution < -0.4 is 0 Å². The Hall–Kier alpha value is -4.09. The molecule has 6 rings (SSSR count). The normalized spacial score (nSPS) is 39.1. The lowest BCUT2D eigenvalue weighted by atomic mass is 9.46. The summed E-state index contributed by atoms with van der Waals surface area (Å²) in [4.78, 5) is 66.1. The third-order valence-electron chi connectivity index (χ3n) is 11.8. The SMILES string of the molecule is C=C1C(C2(C)C=CC(=O)C(C)(C)C2CC(=O)OC)C(OC(C)=O)C(OC(=O)Cc2ccccc2)C2(C)C(C3=CC(O)OC3=O)CC3OC132. The molecule has 11 heteroatoms. The van der Waals surface area contributed by atoms with Crippen LogP contribution >= 0.6 is 0 Å². The average Bonchev–Trinajstić information content (AvgIpc) is 3.57. The number of esters is 4. The first-order chi connectivity index (χ1) is 22.5. The van der Waals surface area contributed by atoms with E-state index < -0.39 is 88.1 Å². The number of aliphatic hydroxyl groups is 1. The van der Waals surface area contributed by atoms with Gasteiger partial charge in [0.15, 0.2) is 5.78 Å². The molecule has 0 radical (unpaired) electrons. The second-order valence-corrected chi connectivity index (χ2v) is 14.6. The topological polar surface area (TPSA) is 155 Å². The minimum atomic E-state index is -1.43. The highest BCUT2D eigenvalue weighted by Gasteiger charge is 2.84. The van der Waals surface area contributed by atoms with E-state index in [2.05, 4.69) is 6.58 Å². The molecule has 2 saturated carbocycles. The highest BCUT2D eigenvalue weighted by Crippen LogP contribution is 2.76. The van der Waals surface area contributed by atoms with Crippen LogP contribution in [0.2, 0.25) is 0 Å². The summed E-state index contributed by atoms with van der Waals surface area (Å²) in [5, 5.41) is 10.2. The number of carbonyl (C=O) groups excluding carboxylic acids is 5. The third kappa shape index (κ3) is 4.88. The van der Waals surface area contributed by atoms with Gasteiger partial charge in [0.2, 0.25) is 6.29 Å². The highest BCUT2D eigenvalue weighted by atomic mass is 16.6. The molecule has 1 spiro atoms. The van der Waals surface area contributed by atoms with E-state index in [1.807, 2.05) is 19.9 Å². The maximum Gasteiger partial charge on any atom is 0.336 e. The third-order valence-corrected chi connectivity index (χ3v) is 11.8. The van der Waals surface area contributed by atoms with Crippen LogP contribution in [0.25, 0.3) is 0 Å². The zero-order chi connectivity index (χ0) is 35.0. The lowest BCUT2D eigenvalue weighted by Crippen LogP contribution is -2.67. The Kier molecular flexibility index (Phi) is 8.11. The highest BCUT2D eigenvalue weighted by molar-refractivity contribution is 5.96. The van der Waals surface area contributed by atoms with Crippen molar-refractivity contribution >= 4 is 29.7 Å². The fraction of sp³-hybridized carbons (Fsp3) is 0.541. The molecule has 2 aliphatic heterocycles. The van der Waals surface area contributed by atoms with Crippen LogP contribution in [0.1, 0.15) is 53.0 Å². The molecule has 2 heterocycles. The minimum absolute atomic E-state index is 0.0824. The molecule has 256 valence electrons. The molecule has 0 amide bonds. The number of ketones is 1. The van der Waals surface area contributed by atoms with Crippen LogP contribution in [0.4, 0.5) is 0 Å². The number of allylic oxidation sites excluding steroid dienone is 2. The first-order valence-corrected chi connectivity index (χ1v) is 16.2. The van der Waals surface area contributed by atoms with E-state index in [9.17, 15) is 29.1 Å². The molecule has 5 aliphatic rings. The van der Waals surface area contributed by atoms with Crippen LogP contribution in [-0.4, -0.2) is 72.1 Å². The molecular weight excluding hydrogens is 620 g/mol. The van der Waals surface area contributed by atoms with Crippen LogP contribution in [-0.2, 0) is 54.1 Å². The molecule has 1 saturated heterocycles.